The summed E-state index contributed by atoms with van der Waals surface area (Å²) in [6.45, 7) is 0. The molecule has 0 aromatic rings. The summed E-state index contributed by atoms with van der Waals surface area (Å²) in [5.41, 5.74) is 0. The Bertz CT molecular complexity index is 8.00. The van der Waals surface area contributed by atoms with E-state index in [1.54, 1.807) is 0 Å². The quantitative estimate of drug-likeness (QED) is 0.293. The maximum absolute atomic E-state index is 0. The molecule has 0 aliphatic heterocycles. The predicted molar refractivity (Wildman–Crippen MR) is 28.4 cm³/mol. The fourth-order valence-electron chi connectivity index (χ4n) is 0. The van der Waals surface area contributed by atoms with Crippen LogP contribution in [-0.2, 0) is 17.1 Å². The second-order valence-corrected chi connectivity index (χ2v) is 0. The van der Waals surface area contributed by atoms with Crippen molar-refractivity contribution in [1.82, 2.24) is 0 Å². The summed E-state index contributed by atoms with van der Waals surface area (Å²) < 4.78 is 0. The Balaban J connectivity index is 0. The summed E-state index contributed by atoms with van der Waals surface area (Å²) in [6.07, 6.45) is 0. The third-order valence-electron chi connectivity index (χ3n) is 0. The van der Waals surface area contributed by atoms with Gasteiger partial charge in [-0.05, 0) is 0 Å². The molecule has 1 radical (unpaired) electrons. The van der Waals surface area contributed by atoms with Gasteiger partial charge in [-0.1, -0.05) is 0 Å². The van der Waals surface area contributed by atoms with Gasteiger partial charge in [0.2, 0.25) is 0 Å². The summed E-state index contributed by atoms with van der Waals surface area (Å²) >= 11 is 0. The molecule has 0 atom stereocenters. The molecule has 0 aliphatic rings. The zero-order valence-electron chi connectivity index (χ0n) is 1.51. The van der Waals surface area contributed by atoms with Crippen LogP contribution in [0.2, 0.25) is 0 Å². The number of hydrogen-bond donors (Lipinski definition) is 0. The first-order chi connectivity index (χ1) is 0. The van der Waals surface area contributed by atoms with Crippen LogP contribution in [0.15, 0.2) is 0 Å². The van der Waals surface area contributed by atoms with Gasteiger partial charge in [-0.3, -0.25) is 0 Å². The molecule has 0 nitrogen and oxygen atoms in total. The van der Waals surface area contributed by atoms with Crippen molar-refractivity contribution >= 4 is 75.7 Å². The van der Waals surface area contributed by atoms with Crippen molar-refractivity contribution in [2.24, 2.45) is 0 Å². The average Bonchev–Trinajstić information content (AvgIpc) is 0. The Labute approximate surface area is 91.0 Å². The summed E-state index contributed by atoms with van der Waals surface area (Å²) in [4.78, 5) is 0. The maximum atomic E-state index is 0. The standard InChI is InChI=1S/Bi.Cu.In.H2Te.6H/h;;;1H2;;;;;;. The minimum absolute atomic E-state index is 0. The van der Waals surface area contributed by atoms with E-state index >= 15 is 0 Å². The second-order valence-electron chi connectivity index (χ2n) is 0. The molecule has 0 unspecified atom stereocenters. The van der Waals surface area contributed by atoms with Crippen LogP contribution in [-0.4, -0.2) is 75.7 Å². The molecule has 0 N–H and O–H groups in total. The van der Waals surface area contributed by atoms with E-state index in [0.717, 1.165) is 0 Å². The third kappa shape index (κ3) is 8.91. The van der Waals surface area contributed by atoms with Crippen LogP contribution in [0.25, 0.3) is 0 Å². The Morgan fingerprint density at radius 2 is 1.00 bits per heavy atom. The molecule has 0 amide bonds. The van der Waals surface area contributed by atoms with E-state index in [9.17, 15) is 0 Å². The van der Waals surface area contributed by atoms with E-state index in [1.165, 1.54) is 0 Å². The van der Waals surface area contributed by atoms with Crippen molar-refractivity contribution in [3.8, 4) is 0 Å². The van der Waals surface area contributed by atoms with Crippen molar-refractivity contribution in [3.05, 3.63) is 0 Å². The summed E-state index contributed by atoms with van der Waals surface area (Å²) in [7, 11) is 0. The molecule has 0 aromatic heterocycles. The zero-order chi connectivity index (χ0) is 0. The van der Waals surface area contributed by atoms with Crippen LogP contribution >= 0.6 is 0 Å². The Morgan fingerprint density at radius 1 is 1.00 bits per heavy atom. The van der Waals surface area contributed by atoms with Crippen LogP contribution in [0.4, 0.5) is 0 Å². The monoisotopic (exact) mass is 525 g/mol. The molecule has 0 heterocycles. The zero-order valence-corrected chi connectivity index (χ0v) is 10.8. The molecule has 4 heteroatoms. The van der Waals surface area contributed by atoms with Gasteiger partial charge >= 0.3 is 75.7 Å². The SMILES string of the molecule is [BiH3].[Cu].[InH3].[TeH2]. The van der Waals surface area contributed by atoms with Crippen LogP contribution in [0, 0.1) is 0 Å². The molecule has 0 saturated carbocycles. The Kier molecular flexibility index (Phi) is 115. The fourth-order valence-corrected chi connectivity index (χ4v) is 0. The molecule has 4 heavy (non-hydrogen) atoms. The molecule has 0 aromatic carbocycles. The fraction of sp³-hybridized carbons (Fsp3) is 0. The molecule has 33 valence electrons. The molecule has 0 fully saturated rings. The first-order valence-electron chi connectivity index (χ1n) is 0. The average molecular weight is 523 g/mol. The van der Waals surface area contributed by atoms with E-state index in [-0.39, 0.29) is 92.8 Å². The van der Waals surface area contributed by atoms with Gasteiger partial charge in [0.25, 0.3) is 0 Å². The number of rotatable bonds is 0. The summed E-state index contributed by atoms with van der Waals surface area (Å²) in [5.74, 6) is 0. The molecule has 0 saturated heterocycles. The molecule has 0 aliphatic carbocycles. The van der Waals surface area contributed by atoms with Gasteiger partial charge in [-0.15, -0.1) is 0 Å². The van der Waals surface area contributed by atoms with Crippen molar-refractivity contribution < 1.29 is 17.1 Å². The van der Waals surface area contributed by atoms with Gasteiger partial charge in [0, 0.05) is 17.1 Å². The van der Waals surface area contributed by atoms with E-state index < -0.39 is 0 Å². The van der Waals surface area contributed by atoms with Gasteiger partial charge in [0.1, 0.15) is 0 Å². The molecular formula is H8BiCuInTe. The Hall–Kier alpha value is 3.06. The van der Waals surface area contributed by atoms with Crippen molar-refractivity contribution in [3.63, 3.8) is 0 Å². The van der Waals surface area contributed by atoms with E-state index in [4.69, 9.17) is 0 Å². The van der Waals surface area contributed by atoms with Crippen LogP contribution in [0.3, 0.4) is 0 Å². The molecule has 0 bridgehead atoms. The van der Waals surface area contributed by atoms with Crippen molar-refractivity contribution in [1.29, 1.82) is 0 Å². The number of hydrogen-bond acceptors (Lipinski definition) is 0. The Morgan fingerprint density at radius 3 is 1.00 bits per heavy atom. The van der Waals surface area contributed by atoms with Crippen molar-refractivity contribution in [2.75, 3.05) is 0 Å². The van der Waals surface area contributed by atoms with Crippen LogP contribution < -0.4 is 0 Å². The summed E-state index contributed by atoms with van der Waals surface area (Å²) in [5, 5.41) is 0. The van der Waals surface area contributed by atoms with Gasteiger partial charge in [0.05, 0.1) is 0 Å². The van der Waals surface area contributed by atoms with Gasteiger partial charge in [-0.2, -0.15) is 0 Å². The molecular weight excluding hydrogens is 515 g/mol. The van der Waals surface area contributed by atoms with E-state index in [1.807, 2.05) is 0 Å². The first-order valence-corrected chi connectivity index (χ1v) is 0. The minimum atomic E-state index is 0. The second kappa shape index (κ2) is 16.6. The van der Waals surface area contributed by atoms with Gasteiger partial charge < -0.3 is 0 Å². The summed E-state index contributed by atoms with van der Waals surface area (Å²) in [6, 6.07) is 0. The normalized spacial score (nSPS) is 0. The third-order valence-corrected chi connectivity index (χ3v) is 0. The molecule has 0 spiro atoms. The van der Waals surface area contributed by atoms with Crippen molar-refractivity contribution in [2.45, 2.75) is 0 Å². The van der Waals surface area contributed by atoms with Crippen LogP contribution in [0.1, 0.15) is 0 Å². The first kappa shape index (κ1) is 27.7. The topological polar surface area (TPSA) is 0 Å². The molecule has 0 rings (SSSR count). The van der Waals surface area contributed by atoms with Gasteiger partial charge in [0.15, 0.2) is 0 Å². The predicted octanol–water partition coefficient (Wildman–Crippen LogP) is -3.29. The van der Waals surface area contributed by atoms with E-state index in [0.29, 0.717) is 0 Å². The van der Waals surface area contributed by atoms with Crippen LogP contribution in [0.5, 0.6) is 0 Å². The van der Waals surface area contributed by atoms with Gasteiger partial charge in [-0.25, -0.2) is 0 Å². The van der Waals surface area contributed by atoms with E-state index in [2.05, 4.69) is 0 Å².